The minimum atomic E-state index is 0. The van der Waals surface area contributed by atoms with Gasteiger partial charge in [0, 0.05) is 12.8 Å². The first-order valence-electron chi connectivity index (χ1n) is 4.15. The molecule has 1 N–H and O–H groups in total. The second kappa shape index (κ2) is 11.5. The van der Waals surface area contributed by atoms with Gasteiger partial charge >= 0.3 is 0 Å². The summed E-state index contributed by atoms with van der Waals surface area (Å²) >= 11 is 6.73. The highest BCUT2D eigenvalue weighted by Crippen LogP contribution is 2.07. The van der Waals surface area contributed by atoms with Crippen LogP contribution < -0.4 is 5.32 Å². The molecule has 0 aromatic heterocycles. The number of thioether (sulfide) groups is 1. The molecule has 0 bridgehead atoms. The van der Waals surface area contributed by atoms with E-state index in [2.05, 4.69) is 12.2 Å². The van der Waals surface area contributed by atoms with Crippen molar-refractivity contribution in [3.05, 3.63) is 0 Å². The minimum Gasteiger partial charge on any atom is -0.374 e. The van der Waals surface area contributed by atoms with Crippen LogP contribution in [0.4, 0.5) is 0 Å². The lowest BCUT2D eigenvalue weighted by Crippen LogP contribution is -2.11. The molecule has 0 spiro atoms. The molecule has 0 aromatic carbocycles. The Bertz CT molecular complexity index is 109. The molecule has 0 aromatic rings. The van der Waals surface area contributed by atoms with Crippen LogP contribution in [0.25, 0.3) is 0 Å². The molecule has 0 aliphatic heterocycles. The molecule has 0 amide bonds. The number of halogens is 1. The quantitative estimate of drug-likeness (QED) is 0.572. The van der Waals surface area contributed by atoms with Gasteiger partial charge in [-0.25, -0.2) is 0 Å². The third kappa shape index (κ3) is 10.5. The average Bonchev–Trinajstić information content (AvgIpc) is 2.04. The van der Waals surface area contributed by atoms with E-state index < -0.39 is 0 Å². The van der Waals surface area contributed by atoms with Crippen LogP contribution in [0.5, 0.6) is 0 Å². The van der Waals surface area contributed by atoms with Crippen molar-refractivity contribution in [1.29, 1.82) is 0 Å². The van der Waals surface area contributed by atoms with Crippen molar-refractivity contribution < 1.29 is 0 Å². The molecule has 0 rings (SSSR count). The van der Waals surface area contributed by atoms with Crippen LogP contribution >= 0.6 is 36.4 Å². The van der Waals surface area contributed by atoms with Gasteiger partial charge in [-0.1, -0.05) is 50.2 Å². The van der Waals surface area contributed by atoms with Gasteiger partial charge in [0.25, 0.3) is 0 Å². The molecule has 0 fully saturated rings. The van der Waals surface area contributed by atoms with Crippen LogP contribution in [0.2, 0.25) is 0 Å². The second-order valence-corrected chi connectivity index (χ2v) is 4.22. The van der Waals surface area contributed by atoms with Crippen molar-refractivity contribution in [2.45, 2.75) is 32.6 Å². The third-order valence-electron chi connectivity index (χ3n) is 1.44. The van der Waals surface area contributed by atoms with Crippen LogP contribution in [-0.2, 0) is 0 Å². The predicted molar refractivity (Wildman–Crippen MR) is 65.5 cm³/mol. The number of rotatable bonds is 5. The summed E-state index contributed by atoms with van der Waals surface area (Å²) in [6.45, 7) is 2.23. The lowest BCUT2D eigenvalue weighted by Gasteiger charge is -2.01. The zero-order valence-corrected chi connectivity index (χ0v) is 10.2. The van der Waals surface area contributed by atoms with Gasteiger partial charge in [0.05, 0.1) is 0 Å². The Hall–Kier alpha value is 0.530. The van der Waals surface area contributed by atoms with Crippen molar-refractivity contribution in [2.75, 3.05) is 12.8 Å². The smallest absolute Gasteiger partial charge is 0.133 e. The summed E-state index contributed by atoms with van der Waals surface area (Å²) in [5.74, 6) is 1.17. The van der Waals surface area contributed by atoms with Crippen LogP contribution in [0.3, 0.4) is 0 Å². The van der Waals surface area contributed by atoms with E-state index in [0.29, 0.717) is 0 Å². The second-order valence-electron chi connectivity index (χ2n) is 2.45. The summed E-state index contributed by atoms with van der Waals surface area (Å²) in [5.41, 5.74) is 0. The van der Waals surface area contributed by atoms with Gasteiger partial charge in [0.1, 0.15) is 4.32 Å². The summed E-state index contributed by atoms with van der Waals surface area (Å²) in [6.07, 6.45) is 5.30. The summed E-state index contributed by atoms with van der Waals surface area (Å²) in [7, 11) is 1.88. The van der Waals surface area contributed by atoms with E-state index in [9.17, 15) is 0 Å². The van der Waals surface area contributed by atoms with Gasteiger partial charge in [-0.15, -0.1) is 12.4 Å². The lowest BCUT2D eigenvalue weighted by atomic mass is 10.2. The van der Waals surface area contributed by atoms with Crippen LogP contribution in [0.1, 0.15) is 32.6 Å². The minimum absolute atomic E-state index is 0. The van der Waals surface area contributed by atoms with Crippen molar-refractivity contribution >= 4 is 40.7 Å². The number of hydrogen-bond donors (Lipinski definition) is 1. The van der Waals surface area contributed by atoms with Crippen molar-refractivity contribution in [1.82, 2.24) is 5.32 Å². The van der Waals surface area contributed by atoms with Crippen LogP contribution in [0.15, 0.2) is 0 Å². The maximum atomic E-state index is 4.99. The molecule has 0 saturated carbocycles. The van der Waals surface area contributed by atoms with Gasteiger partial charge in [-0.05, 0) is 6.42 Å². The van der Waals surface area contributed by atoms with Gasteiger partial charge < -0.3 is 5.32 Å². The van der Waals surface area contributed by atoms with Gasteiger partial charge in [-0.3, -0.25) is 0 Å². The highest BCUT2D eigenvalue weighted by Gasteiger charge is 1.92. The molecule has 0 unspecified atom stereocenters. The molecular weight excluding hydrogens is 210 g/mol. The standard InChI is InChI=1S/C8H17NS2.ClH/c1-3-4-5-6-7-11-8(10)9-2;/h3-7H2,1-2H3,(H,9,10);1H. The van der Waals surface area contributed by atoms with Gasteiger partial charge in [0.2, 0.25) is 0 Å². The Kier molecular flexibility index (Phi) is 14.4. The first-order valence-corrected chi connectivity index (χ1v) is 5.55. The van der Waals surface area contributed by atoms with E-state index in [-0.39, 0.29) is 12.4 Å². The molecule has 12 heavy (non-hydrogen) atoms. The maximum absolute atomic E-state index is 4.99. The largest absolute Gasteiger partial charge is 0.374 e. The van der Waals surface area contributed by atoms with Gasteiger partial charge in [0.15, 0.2) is 0 Å². The molecule has 0 atom stereocenters. The predicted octanol–water partition coefficient (Wildman–Crippen LogP) is 3.23. The number of unbranched alkanes of at least 4 members (excludes halogenated alkanes) is 3. The first-order chi connectivity index (χ1) is 5.31. The van der Waals surface area contributed by atoms with E-state index in [1.165, 1.54) is 31.4 Å². The average molecular weight is 228 g/mol. The Morgan fingerprint density at radius 2 is 2.00 bits per heavy atom. The summed E-state index contributed by atoms with van der Waals surface area (Å²) in [5, 5.41) is 2.95. The van der Waals surface area contributed by atoms with E-state index in [1.807, 2.05) is 7.05 Å². The number of thiocarbonyl (C=S) groups is 1. The zero-order valence-electron chi connectivity index (χ0n) is 7.76. The molecule has 0 saturated heterocycles. The fraction of sp³-hybridized carbons (Fsp3) is 0.875. The van der Waals surface area contributed by atoms with Crippen molar-refractivity contribution in [3.8, 4) is 0 Å². The van der Waals surface area contributed by atoms with E-state index in [1.54, 1.807) is 11.8 Å². The normalized spacial score (nSPS) is 8.83. The molecule has 74 valence electrons. The van der Waals surface area contributed by atoms with E-state index >= 15 is 0 Å². The number of hydrogen-bond acceptors (Lipinski definition) is 2. The molecule has 0 aliphatic rings. The van der Waals surface area contributed by atoms with Crippen LogP contribution in [0, 0.1) is 0 Å². The molecular formula is C8H18ClNS2. The topological polar surface area (TPSA) is 12.0 Å². The summed E-state index contributed by atoms with van der Waals surface area (Å²) in [6, 6.07) is 0. The van der Waals surface area contributed by atoms with E-state index in [0.717, 1.165) is 4.32 Å². The molecule has 0 aliphatic carbocycles. The summed E-state index contributed by atoms with van der Waals surface area (Å²) < 4.78 is 0.918. The maximum Gasteiger partial charge on any atom is 0.133 e. The monoisotopic (exact) mass is 227 g/mol. The summed E-state index contributed by atoms with van der Waals surface area (Å²) in [4.78, 5) is 0. The van der Waals surface area contributed by atoms with Crippen molar-refractivity contribution in [3.63, 3.8) is 0 Å². The van der Waals surface area contributed by atoms with Gasteiger partial charge in [-0.2, -0.15) is 0 Å². The Labute approximate surface area is 91.5 Å². The molecule has 0 heterocycles. The molecule has 4 heteroatoms. The van der Waals surface area contributed by atoms with Crippen LogP contribution in [-0.4, -0.2) is 17.1 Å². The highest BCUT2D eigenvalue weighted by atomic mass is 35.5. The highest BCUT2D eigenvalue weighted by molar-refractivity contribution is 8.22. The third-order valence-corrected chi connectivity index (χ3v) is 2.95. The van der Waals surface area contributed by atoms with E-state index in [4.69, 9.17) is 12.2 Å². The zero-order chi connectivity index (χ0) is 8.53. The SMILES string of the molecule is CCCCCCSC(=S)NC.Cl. The fourth-order valence-electron chi connectivity index (χ4n) is 0.766. The number of nitrogens with one attached hydrogen (secondary N) is 1. The molecule has 1 nitrogen and oxygen atoms in total. The first kappa shape index (κ1) is 15.0. The molecule has 0 radical (unpaired) electrons. The van der Waals surface area contributed by atoms with Crippen molar-refractivity contribution in [2.24, 2.45) is 0 Å². The Balaban J connectivity index is 0. The Morgan fingerprint density at radius 1 is 1.33 bits per heavy atom. The Morgan fingerprint density at radius 3 is 2.50 bits per heavy atom. The lowest BCUT2D eigenvalue weighted by molar-refractivity contribution is 0.707. The fourth-order valence-corrected chi connectivity index (χ4v) is 1.69.